The lowest BCUT2D eigenvalue weighted by Crippen LogP contribution is -2.24. The first kappa shape index (κ1) is 17.5. The number of nitrogens with zero attached hydrogens (tertiary/aromatic N) is 2. The van der Waals surface area contributed by atoms with Crippen LogP contribution in [0.25, 0.3) is 11.1 Å². The van der Waals surface area contributed by atoms with Crippen LogP contribution in [-0.2, 0) is 13.0 Å². The van der Waals surface area contributed by atoms with E-state index >= 15 is 0 Å². The lowest BCUT2D eigenvalue weighted by Gasteiger charge is -2.11. The van der Waals surface area contributed by atoms with Gasteiger partial charge in [0.05, 0.1) is 10.0 Å². The molecule has 4 nitrogen and oxygen atoms in total. The number of nitrogens with two attached hydrogens (primary N) is 1. The summed E-state index contributed by atoms with van der Waals surface area (Å²) >= 11 is 12.0. The van der Waals surface area contributed by atoms with Crippen LogP contribution in [0.2, 0.25) is 10.0 Å². The Balaban J connectivity index is 1.83. The van der Waals surface area contributed by atoms with E-state index in [1.165, 1.54) is 5.56 Å². The van der Waals surface area contributed by atoms with Crippen molar-refractivity contribution in [3.05, 3.63) is 80.8 Å². The number of halogens is 2. The highest BCUT2D eigenvalue weighted by Gasteiger charge is 2.10. The summed E-state index contributed by atoms with van der Waals surface area (Å²) in [6, 6.07) is 15.4. The van der Waals surface area contributed by atoms with Crippen LogP contribution in [0.5, 0.6) is 0 Å². The Hall–Kier alpha value is -2.30. The van der Waals surface area contributed by atoms with Gasteiger partial charge in [-0.05, 0) is 36.1 Å². The fourth-order valence-corrected chi connectivity index (χ4v) is 2.95. The van der Waals surface area contributed by atoms with Gasteiger partial charge in [0, 0.05) is 18.3 Å². The summed E-state index contributed by atoms with van der Waals surface area (Å²) in [5, 5.41) is 0.897. The van der Waals surface area contributed by atoms with Crippen LogP contribution in [-0.4, -0.2) is 9.55 Å². The number of nitrogen functional groups attached to an aromatic ring is 1. The average molecular weight is 374 g/mol. The molecule has 0 spiro atoms. The molecule has 0 radical (unpaired) electrons. The lowest BCUT2D eigenvalue weighted by atomic mass is 10.1. The normalized spacial score (nSPS) is 10.8. The zero-order valence-corrected chi connectivity index (χ0v) is 15.0. The number of aromatic nitrogens is 2. The fraction of sp³-hybridized carbons (Fsp3) is 0.158. The first-order valence-corrected chi connectivity index (χ1v) is 8.66. The van der Waals surface area contributed by atoms with Crippen molar-refractivity contribution >= 4 is 29.0 Å². The third-order valence-electron chi connectivity index (χ3n) is 3.96. The van der Waals surface area contributed by atoms with Crippen LogP contribution < -0.4 is 11.4 Å². The number of hydrogen-bond donors (Lipinski definition) is 1. The van der Waals surface area contributed by atoms with Gasteiger partial charge in [-0.15, -0.1) is 0 Å². The molecule has 0 aliphatic rings. The molecule has 0 aliphatic carbocycles. The Morgan fingerprint density at radius 2 is 1.80 bits per heavy atom. The summed E-state index contributed by atoms with van der Waals surface area (Å²) in [4.78, 5) is 16.0. The van der Waals surface area contributed by atoms with Crippen LogP contribution in [0.1, 0.15) is 12.0 Å². The zero-order valence-electron chi connectivity index (χ0n) is 13.5. The second-order valence-electron chi connectivity index (χ2n) is 5.73. The maximum atomic E-state index is 12.1. The fourth-order valence-electron chi connectivity index (χ4n) is 2.65. The van der Waals surface area contributed by atoms with Crippen molar-refractivity contribution in [1.29, 1.82) is 0 Å². The summed E-state index contributed by atoms with van der Waals surface area (Å²) in [6.45, 7) is 0.565. The van der Waals surface area contributed by atoms with Gasteiger partial charge in [0.15, 0.2) is 0 Å². The van der Waals surface area contributed by atoms with E-state index in [1.54, 1.807) is 29.0 Å². The van der Waals surface area contributed by atoms with E-state index in [1.807, 2.05) is 18.2 Å². The highest BCUT2D eigenvalue weighted by atomic mass is 35.5. The molecule has 0 fully saturated rings. The number of anilines is 1. The molecule has 25 heavy (non-hydrogen) atoms. The van der Waals surface area contributed by atoms with Gasteiger partial charge in [-0.25, -0.2) is 4.79 Å². The summed E-state index contributed by atoms with van der Waals surface area (Å²) in [5.41, 5.74) is 8.26. The molecule has 3 rings (SSSR count). The van der Waals surface area contributed by atoms with Crippen LogP contribution >= 0.6 is 23.2 Å². The molecule has 3 aromatic rings. The third-order valence-corrected chi connectivity index (χ3v) is 4.70. The molecule has 0 saturated heterocycles. The molecular formula is C19H17Cl2N3O. The Morgan fingerprint density at radius 1 is 1.04 bits per heavy atom. The van der Waals surface area contributed by atoms with Crippen molar-refractivity contribution in [2.75, 3.05) is 5.73 Å². The molecule has 0 atom stereocenters. The van der Waals surface area contributed by atoms with E-state index in [9.17, 15) is 4.79 Å². The third kappa shape index (κ3) is 4.21. The predicted octanol–water partition coefficient (Wildman–Crippen LogP) is 4.43. The minimum Gasteiger partial charge on any atom is -0.383 e. The molecule has 0 amide bonds. The molecule has 1 heterocycles. The highest BCUT2D eigenvalue weighted by molar-refractivity contribution is 6.42. The van der Waals surface area contributed by atoms with Crippen LogP contribution in [0.4, 0.5) is 5.82 Å². The molecule has 6 heteroatoms. The first-order valence-electron chi connectivity index (χ1n) is 7.91. The van der Waals surface area contributed by atoms with Gasteiger partial charge in [-0.2, -0.15) is 4.98 Å². The number of hydrogen-bond acceptors (Lipinski definition) is 3. The smallest absolute Gasteiger partial charge is 0.349 e. The summed E-state index contributed by atoms with van der Waals surface area (Å²) in [7, 11) is 0. The Bertz CT molecular complexity index is 939. The molecule has 0 aliphatic heterocycles. The van der Waals surface area contributed by atoms with Crippen LogP contribution in [0, 0.1) is 0 Å². The maximum Gasteiger partial charge on any atom is 0.349 e. The maximum absolute atomic E-state index is 12.1. The van der Waals surface area contributed by atoms with E-state index < -0.39 is 0 Å². The number of benzene rings is 2. The number of aryl methyl sites for hydroxylation is 2. The minimum atomic E-state index is -0.352. The zero-order chi connectivity index (χ0) is 17.8. The lowest BCUT2D eigenvalue weighted by molar-refractivity contribution is 0.609. The topological polar surface area (TPSA) is 60.9 Å². The highest BCUT2D eigenvalue weighted by Crippen LogP contribution is 2.30. The Kier molecular flexibility index (Phi) is 5.41. The van der Waals surface area contributed by atoms with E-state index in [4.69, 9.17) is 28.9 Å². The molecule has 0 unspecified atom stereocenters. The van der Waals surface area contributed by atoms with Gasteiger partial charge in [0.25, 0.3) is 0 Å². The van der Waals surface area contributed by atoms with Gasteiger partial charge >= 0.3 is 5.69 Å². The standard InChI is InChI=1S/C19H17Cl2N3O/c20-16-9-8-14(11-17(16)21)15-12-24(19(25)23-18(15)22)10-4-7-13-5-2-1-3-6-13/h1-3,5-6,8-9,11-12H,4,7,10H2,(H2,22,23,25). The second kappa shape index (κ2) is 7.72. The quantitative estimate of drug-likeness (QED) is 0.719. The first-order chi connectivity index (χ1) is 12.0. The van der Waals surface area contributed by atoms with Crippen molar-refractivity contribution in [2.45, 2.75) is 19.4 Å². The second-order valence-corrected chi connectivity index (χ2v) is 6.55. The van der Waals surface area contributed by atoms with Crippen molar-refractivity contribution in [1.82, 2.24) is 9.55 Å². The van der Waals surface area contributed by atoms with Crippen molar-refractivity contribution in [3.63, 3.8) is 0 Å². The van der Waals surface area contributed by atoms with Crippen molar-refractivity contribution < 1.29 is 0 Å². The monoisotopic (exact) mass is 373 g/mol. The summed E-state index contributed by atoms with van der Waals surface area (Å²) in [5.74, 6) is 0.183. The van der Waals surface area contributed by atoms with Gasteiger partial charge in [0.2, 0.25) is 0 Å². The van der Waals surface area contributed by atoms with Crippen molar-refractivity contribution in [2.24, 2.45) is 0 Å². The minimum absolute atomic E-state index is 0.183. The van der Waals surface area contributed by atoms with E-state index in [2.05, 4.69) is 17.1 Å². The molecular weight excluding hydrogens is 357 g/mol. The van der Waals surface area contributed by atoms with Crippen LogP contribution in [0.15, 0.2) is 59.5 Å². The predicted molar refractivity (Wildman–Crippen MR) is 103 cm³/mol. The average Bonchev–Trinajstić information content (AvgIpc) is 2.60. The van der Waals surface area contributed by atoms with E-state index in [-0.39, 0.29) is 11.5 Å². The van der Waals surface area contributed by atoms with Gasteiger partial charge in [-0.1, -0.05) is 59.6 Å². The van der Waals surface area contributed by atoms with E-state index in [0.717, 1.165) is 18.4 Å². The summed E-state index contributed by atoms with van der Waals surface area (Å²) in [6.07, 6.45) is 3.45. The molecule has 0 saturated carbocycles. The van der Waals surface area contributed by atoms with Gasteiger partial charge < -0.3 is 5.73 Å². The summed E-state index contributed by atoms with van der Waals surface area (Å²) < 4.78 is 1.58. The Labute approximate surface area is 155 Å². The number of rotatable bonds is 5. The van der Waals surface area contributed by atoms with Gasteiger partial charge in [0.1, 0.15) is 5.82 Å². The SMILES string of the molecule is Nc1nc(=O)n(CCCc2ccccc2)cc1-c1ccc(Cl)c(Cl)c1. The van der Waals surface area contributed by atoms with Crippen LogP contribution in [0.3, 0.4) is 0 Å². The van der Waals surface area contributed by atoms with Gasteiger partial charge in [-0.3, -0.25) is 4.57 Å². The largest absolute Gasteiger partial charge is 0.383 e. The molecule has 128 valence electrons. The Morgan fingerprint density at radius 3 is 2.52 bits per heavy atom. The molecule has 2 aromatic carbocycles. The molecule has 0 bridgehead atoms. The van der Waals surface area contributed by atoms with Crippen molar-refractivity contribution in [3.8, 4) is 11.1 Å². The molecule has 1 aromatic heterocycles. The van der Waals surface area contributed by atoms with E-state index in [0.29, 0.717) is 22.2 Å². The molecule has 2 N–H and O–H groups in total.